The van der Waals surface area contributed by atoms with Crippen molar-refractivity contribution in [2.24, 2.45) is 0 Å². The second-order valence-electron chi connectivity index (χ2n) is 4.25. The quantitative estimate of drug-likeness (QED) is 0.612. The van der Waals surface area contributed by atoms with Gasteiger partial charge in [0.15, 0.2) is 11.5 Å². The van der Waals surface area contributed by atoms with Gasteiger partial charge in [-0.25, -0.2) is 0 Å². The van der Waals surface area contributed by atoms with Crippen LogP contribution in [0.5, 0.6) is 11.5 Å². The molecule has 1 aromatic carbocycles. The first-order valence-electron chi connectivity index (χ1n) is 6.40. The normalized spacial score (nSPS) is 11.4. The molecule has 0 aromatic heterocycles. The summed E-state index contributed by atoms with van der Waals surface area (Å²) in [4.78, 5) is 23.2. The molecule has 0 saturated carbocycles. The molecule has 116 valence electrons. The summed E-state index contributed by atoms with van der Waals surface area (Å²) in [5, 5.41) is 5.01. The highest BCUT2D eigenvalue weighted by Gasteiger charge is 2.17. The van der Waals surface area contributed by atoms with Gasteiger partial charge in [-0.1, -0.05) is 6.07 Å². The van der Waals surface area contributed by atoms with Crippen molar-refractivity contribution < 1.29 is 19.1 Å². The lowest BCUT2D eigenvalue weighted by Gasteiger charge is -2.16. The summed E-state index contributed by atoms with van der Waals surface area (Å²) in [6.07, 6.45) is 0. The number of carbonyl (C=O) groups excluding carboxylic acids is 2. The van der Waals surface area contributed by atoms with Crippen LogP contribution >= 0.6 is 11.6 Å². The minimum absolute atomic E-state index is 0.249. The van der Waals surface area contributed by atoms with Crippen LogP contribution in [0.15, 0.2) is 18.2 Å². The fourth-order valence-electron chi connectivity index (χ4n) is 1.71. The molecule has 0 aliphatic rings. The lowest BCUT2D eigenvalue weighted by Crippen LogP contribution is -2.41. The van der Waals surface area contributed by atoms with E-state index in [1.165, 1.54) is 7.11 Å². The summed E-state index contributed by atoms with van der Waals surface area (Å²) in [6, 6.07) is 4.94. The summed E-state index contributed by atoms with van der Waals surface area (Å²) >= 11 is 5.44. The number of amides is 2. The summed E-state index contributed by atoms with van der Waals surface area (Å²) < 4.78 is 10.3. The van der Waals surface area contributed by atoms with Gasteiger partial charge in [0.2, 0.25) is 0 Å². The molecule has 1 aromatic rings. The highest BCUT2D eigenvalue weighted by Crippen LogP contribution is 2.29. The van der Waals surface area contributed by atoms with Crippen LogP contribution in [0, 0.1) is 0 Å². The van der Waals surface area contributed by atoms with Gasteiger partial charge in [0.25, 0.3) is 0 Å². The fourth-order valence-corrected chi connectivity index (χ4v) is 1.80. The minimum Gasteiger partial charge on any atom is -0.493 e. The molecule has 0 fully saturated rings. The Morgan fingerprint density at radius 1 is 1.19 bits per heavy atom. The standard InChI is InChI=1S/C14H19ClN2O4/c1-9(17-14(19)13(18)16-7-6-15)10-4-5-11(20-2)12(8-10)21-3/h4-5,8-9H,6-7H2,1-3H3,(H,16,18)(H,17,19). The van der Waals surface area contributed by atoms with E-state index in [-0.39, 0.29) is 18.5 Å². The predicted molar refractivity (Wildman–Crippen MR) is 79.8 cm³/mol. The number of nitrogens with one attached hydrogen (secondary N) is 2. The van der Waals surface area contributed by atoms with Gasteiger partial charge in [0, 0.05) is 12.4 Å². The van der Waals surface area contributed by atoms with Crippen molar-refractivity contribution >= 4 is 23.4 Å². The van der Waals surface area contributed by atoms with E-state index >= 15 is 0 Å². The highest BCUT2D eigenvalue weighted by atomic mass is 35.5. The van der Waals surface area contributed by atoms with Gasteiger partial charge < -0.3 is 20.1 Å². The molecule has 6 nitrogen and oxygen atoms in total. The summed E-state index contributed by atoms with van der Waals surface area (Å²) in [5.41, 5.74) is 0.797. The third-order valence-corrected chi connectivity index (χ3v) is 3.03. The Morgan fingerprint density at radius 2 is 1.86 bits per heavy atom. The lowest BCUT2D eigenvalue weighted by atomic mass is 10.1. The van der Waals surface area contributed by atoms with Crippen molar-refractivity contribution in [3.8, 4) is 11.5 Å². The van der Waals surface area contributed by atoms with Crippen molar-refractivity contribution in [2.75, 3.05) is 26.6 Å². The Balaban J connectivity index is 2.73. The van der Waals surface area contributed by atoms with Crippen molar-refractivity contribution in [1.82, 2.24) is 10.6 Å². The van der Waals surface area contributed by atoms with E-state index in [0.717, 1.165) is 5.56 Å². The largest absolute Gasteiger partial charge is 0.493 e. The first kappa shape index (κ1) is 17.1. The second kappa shape index (κ2) is 8.36. The minimum atomic E-state index is -0.706. The zero-order valence-electron chi connectivity index (χ0n) is 12.2. The van der Waals surface area contributed by atoms with E-state index in [2.05, 4.69) is 10.6 Å². The average molecular weight is 315 g/mol. The SMILES string of the molecule is COc1ccc(C(C)NC(=O)C(=O)NCCCl)cc1OC. The van der Waals surface area contributed by atoms with Crippen LogP contribution in [-0.4, -0.2) is 38.5 Å². The van der Waals surface area contributed by atoms with Crippen molar-refractivity contribution in [2.45, 2.75) is 13.0 Å². The second-order valence-corrected chi connectivity index (χ2v) is 4.63. The highest BCUT2D eigenvalue weighted by molar-refractivity contribution is 6.35. The van der Waals surface area contributed by atoms with E-state index in [1.807, 2.05) is 0 Å². The molecule has 1 rings (SSSR count). The number of methoxy groups -OCH3 is 2. The Morgan fingerprint density at radius 3 is 2.43 bits per heavy atom. The van der Waals surface area contributed by atoms with Gasteiger partial charge in [-0.05, 0) is 24.6 Å². The zero-order chi connectivity index (χ0) is 15.8. The van der Waals surface area contributed by atoms with Crippen LogP contribution < -0.4 is 20.1 Å². The van der Waals surface area contributed by atoms with Crippen molar-refractivity contribution in [3.63, 3.8) is 0 Å². The Bertz CT molecular complexity index is 508. The molecule has 0 saturated heterocycles. The number of hydrogen-bond acceptors (Lipinski definition) is 4. The fraction of sp³-hybridized carbons (Fsp3) is 0.429. The number of carbonyl (C=O) groups is 2. The van der Waals surface area contributed by atoms with Gasteiger partial charge in [0.1, 0.15) is 0 Å². The van der Waals surface area contributed by atoms with Crippen LogP contribution in [0.4, 0.5) is 0 Å². The first-order chi connectivity index (χ1) is 10.0. The van der Waals surface area contributed by atoms with E-state index in [1.54, 1.807) is 32.2 Å². The monoisotopic (exact) mass is 314 g/mol. The maximum atomic E-state index is 11.7. The van der Waals surface area contributed by atoms with Gasteiger partial charge in [-0.2, -0.15) is 0 Å². The number of benzene rings is 1. The van der Waals surface area contributed by atoms with Crippen LogP contribution in [0.1, 0.15) is 18.5 Å². The van der Waals surface area contributed by atoms with Crippen LogP contribution in [0.2, 0.25) is 0 Å². The average Bonchev–Trinajstić information content (AvgIpc) is 2.51. The maximum absolute atomic E-state index is 11.7. The Kier molecular flexibility index (Phi) is 6.81. The van der Waals surface area contributed by atoms with Crippen LogP contribution in [-0.2, 0) is 9.59 Å². The molecule has 21 heavy (non-hydrogen) atoms. The number of hydrogen-bond donors (Lipinski definition) is 2. The third-order valence-electron chi connectivity index (χ3n) is 2.84. The molecule has 0 spiro atoms. The summed E-state index contributed by atoms with van der Waals surface area (Å²) in [5.74, 6) is -0.00254. The van der Waals surface area contributed by atoms with Gasteiger partial charge in [-0.15, -0.1) is 11.6 Å². The lowest BCUT2D eigenvalue weighted by molar-refractivity contribution is -0.139. The van der Waals surface area contributed by atoms with E-state index in [4.69, 9.17) is 21.1 Å². The summed E-state index contributed by atoms with van der Waals surface area (Å²) in [7, 11) is 3.08. The molecule has 0 heterocycles. The number of rotatable bonds is 6. The maximum Gasteiger partial charge on any atom is 0.309 e. The molecule has 1 atom stereocenters. The van der Waals surface area contributed by atoms with Crippen LogP contribution in [0.25, 0.3) is 0 Å². The van der Waals surface area contributed by atoms with Crippen LogP contribution in [0.3, 0.4) is 0 Å². The molecule has 2 amide bonds. The number of ether oxygens (including phenoxy) is 2. The Hall–Kier alpha value is -1.95. The van der Waals surface area contributed by atoms with E-state index < -0.39 is 11.8 Å². The van der Waals surface area contributed by atoms with Crippen molar-refractivity contribution in [3.05, 3.63) is 23.8 Å². The van der Waals surface area contributed by atoms with Crippen molar-refractivity contribution in [1.29, 1.82) is 0 Å². The topological polar surface area (TPSA) is 76.7 Å². The molecule has 2 N–H and O–H groups in total. The molecule has 7 heteroatoms. The van der Waals surface area contributed by atoms with Gasteiger partial charge in [-0.3, -0.25) is 9.59 Å². The Labute approximate surface area is 128 Å². The van der Waals surface area contributed by atoms with Gasteiger partial charge >= 0.3 is 11.8 Å². The van der Waals surface area contributed by atoms with Gasteiger partial charge in [0.05, 0.1) is 20.3 Å². The smallest absolute Gasteiger partial charge is 0.309 e. The van der Waals surface area contributed by atoms with E-state index in [0.29, 0.717) is 11.5 Å². The number of halogens is 1. The number of alkyl halides is 1. The first-order valence-corrected chi connectivity index (χ1v) is 6.93. The summed E-state index contributed by atoms with van der Waals surface area (Å²) in [6.45, 7) is 2.02. The molecule has 1 unspecified atom stereocenters. The van der Waals surface area contributed by atoms with E-state index in [9.17, 15) is 9.59 Å². The predicted octanol–water partition coefficient (Wildman–Crippen LogP) is 1.24. The molecular formula is C14H19ClN2O4. The molecule has 0 bridgehead atoms. The molecule has 0 aliphatic carbocycles. The molecule has 0 aliphatic heterocycles. The molecular weight excluding hydrogens is 296 g/mol. The molecule has 0 radical (unpaired) electrons. The third kappa shape index (κ3) is 4.82. The zero-order valence-corrected chi connectivity index (χ0v) is 13.0.